The fourth-order valence-electron chi connectivity index (χ4n) is 0.933. The zero-order chi connectivity index (χ0) is 12.0. The molecule has 1 rings (SSSR count). The number of hydrogen-bond donors (Lipinski definition) is 0. The highest BCUT2D eigenvalue weighted by Gasteiger charge is 2.09. The number of aromatic nitrogens is 2. The highest BCUT2D eigenvalue weighted by Crippen LogP contribution is 2.03. The molecule has 0 aromatic carbocycles. The van der Waals surface area contributed by atoms with E-state index in [0.717, 1.165) is 0 Å². The SMILES string of the molecule is CC(C)OCCOC(=O)c1cncc(Cl)n1. The lowest BCUT2D eigenvalue weighted by molar-refractivity contribution is 0.0172. The molecule has 88 valence electrons. The third-order valence-corrected chi connectivity index (χ3v) is 1.76. The highest BCUT2D eigenvalue weighted by molar-refractivity contribution is 6.29. The molecule has 0 spiro atoms. The first kappa shape index (κ1) is 12.9. The first-order chi connectivity index (χ1) is 7.59. The molecule has 0 fully saturated rings. The van der Waals surface area contributed by atoms with Gasteiger partial charge in [0, 0.05) is 0 Å². The second kappa shape index (κ2) is 6.40. The third kappa shape index (κ3) is 4.55. The predicted octanol–water partition coefficient (Wildman–Crippen LogP) is 1.71. The van der Waals surface area contributed by atoms with Gasteiger partial charge in [-0.25, -0.2) is 9.78 Å². The average molecular weight is 245 g/mol. The molecule has 1 aromatic rings. The predicted molar refractivity (Wildman–Crippen MR) is 58.4 cm³/mol. The van der Waals surface area contributed by atoms with E-state index in [1.165, 1.54) is 12.4 Å². The summed E-state index contributed by atoms with van der Waals surface area (Å²) in [7, 11) is 0. The van der Waals surface area contributed by atoms with Gasteiger partial charge in [-0.15, -0.1) is 0 Å². The maximum Gasteiger partial charge on any atom is 0.358 e. The Morgan fingerprint density at radius 3 is 2.81 bits per heavy atom. The molecule has 0 saturated carbocycles. The Morgan fingerprint density at radius 2 is 2.19 bits per heavy atom. The first-order valence-corrected chi connectivity index (χ1v) is 5.23. The lowest BCUT2D eigenvalue weighted by Gasteiger charge is -2.07. The molecular formula is C10H13ClN2O3. The van der Waals surface area contributed by atoms with Crippen molar-refractivity contribution in [1.29, 1.82) is 0 Å². The average Bonchev–Trinajstić information content (AvgIpc) is 2.24. The number of carbonyl (C=O) groups excluding carboxylic acids is 1. The van der Waals surface area contributed by atoms with Crippen LogP contribution in [-0.4, -0.2) is 35.3 Å². The number of rotatable bonds is 5. The van der Waals surface area contributed by atoms with Gasteiger partial charge in [-0.05, 0) is 13.8 Å². The van der Waals surface area contributed by atoms with Crippen LogP contribution in [0.4, 0.5) is 0 Å². The van der Waals surface area contributed by atoms with Crippen LogP contribution in [0.1, 0.15) is 24.3 Å². The summed E-state index contributed by atoms with van der Waals surface area (Å²) in [5.74, 6) is -0.553. The Bertz CT molecular complexity index is 358. The molecule has 0 amide bonds. The molecule has 0 saturated heterocycles. The Hall–Kier alpha value is -1.20. The van der Waals surface area contributed by atoms with Gasteiger partial charge < -0.3 is 9.47 Å². The van der Waals surface area contributed by atoms with E-state index in [1.807, 2.05) is 13.8 Å². The van der Waals surface area contributed by atoms with E-state index < -0.39 is 5.97 Å². The minimum absolute atomic E-state index is 0.0945. The second-order valence-electron chi connectivity index (χ2n) is 3.28. The van der Waals surface area contributed by atoms with Gasteiger partial charge in [-0.3, -0.25) is 4.98 Å². The lowest BCUT2D eigenvalue weighted by Crippen LogP contribution is -2.14. The monoisotopic (exact) mass is 244 g/mol. The van der Waals surface area contributed by atoms with Crippen LogP contribution >= 0.6 is 11.6 Å². The van der Waals surface area contributed by atoms with Crippen molar-refractivity contribution in [2.75, 3.05) is 13.2 Å². The molecule has 5 nitrogen and oxygen atoms in total. The third-order valence-electron chi connectivity index (χ3n) is 1.58. The van der Waals surface area contributed by atoms with Crippen LogP contribution in [0.15, 0.2) is 12.4 Å². The minimum atomic E-state index is -0.553. The minimum Gasteiger partial charge on any atom is -0.458 e. The largest absolute Gasteiger partial charge is 0.458 e. The molecule has 0 N–H and O–H groups in total. The fourth-order valence-corrected chi connectivity index (χ4v) is 1.08. The van der Waals surface area contributed by atoms with E-state index in [2.05, 4.69) is 9.97 Å². The van der Waals surface area contributed by atoms with Crippen LogP contribution in [0.5, 0.6) is 0 Å². The quantitative estimate of drug-likeness (QED) is 0.583. The van der Waals surface area contributed by atoms with Gasteiger partial charge in [0.2, 0.25) is 0 Å². The van der Waals surface area contributed by atoms with Gasteiger partial charge in [0.1, 0.15) is 11.8 Å². The Balaban J connectivity index is 2.35. The highest BCUT2D eigenvalue weighted by atomic mass is 35.5. The van der Waals surface area contributed by atoms with Gasteiger partial charge in [0.15, 0.2) is 5.69 Å². The molecule has 0 aliphatic rings. The Morgan fingerprint density at radius 1 is 1.44 bits per heavy atom. The van der Waals surface area contributed by atoms with Crippen LogP contribution in [0.3, 0.4) is 0 Å². The van der Waals surface area contributed by atoms with E-state index in [1.54, 1.807) is 0 Å². The molecule has 0 radical (unpaired) electrons. The molecule has 6 heteroatoms. The van der Waals surface area contributed by atoms with Gasteiger partial charge in [-0.1, -0.05) is 11.6 Å². The summed E-state index contributed by atoms with van der Waals surface area (Å²) in [4.78, 5) is 18.9. The molecule has 0 bridgehead atoms. The molecule has 1 aromatic heterocycles. The summed E-state index contributed by atoms with van der Waals surface area (Å²) in [6.45, 7) is 4.36. The number of ether oxygens (including phenoxy) is 2. The number of halogens is 1. The van der Waals surface area contributed by atoms with Crippen LogP contribution in [0.25, 0.3) is 0 Å². The molecule has 0 aliphatic heterocycles. The molecule has 16 heavy (non-hydrogen) atoms. The first-order valence-electron chi connectivity index (χ1n) is 4.86. The van der Waals surface area contributed by atoms with E-state index >= 15 is 0 Å². The van der Waals surface area contributed by atoms with Crippen LogP contribution in [0, 0.1) is 0 Å². The van der Waals surface area contributed by atoms with Gasteiger partial charge in [0.05, 0.1) is 25.1 Å². The molecular weight excluding hydrogens is 232 g/mol. The summed E-state index contributed by atoms with van der Waals surface area (Å²) in [5, 5.41) is 0.160. The summed E-state index contributed by atoms with van der Waals surface area (Å²) >= 11 is 5.59. The van der Waals surface area contributed by atoms with Crippen LogP contribution in [0.2, 0.25) is 5.15 Å². The van der Waals surface area contributed by atoms with Crippen molar-refractivity contribution in [2.45, 2.75) is 20.0 Å². The molecule has 0 atom stereocenters. The van der Waals surface area contributed by atoms with E-state index in [4.69, 9.17) is 21.1 Å². The lowest BCUT2D eigenvalue weighted by atomic mass is 10.4. The topological polar surface area (TPSA) is 61.3 Å². The zero-order valence-corrected chi connectivity index (χ0v) is 9.90. The molecule has 1 heterocycles. The standard InChI is InChI=1S/C10H13ClN2O3/c1-7(2)15-3-4-16-10(14)8-5-12-6-9(11)13-8/h5-7H,3-4H2,1-2H3. The Kier molecular flexibility index (Phi) is 5.14. The van der Waals surface area contributed by atoms with Crippen molar-refractivity contribution in [2.24, 2.45) is 0 Å². The number of carbonyl (C=O) groups is 1. The molecule has 0 aliphatic carbocycles. The normalized spacial score (nSPS) is 10.5. The van der Waals surface area contributed by atoms with Crippen molar-refractivity contribution >= 4 is 17.6 Å². The van der Waals surface area contributed by atoms with Crippen LogP contribution < -0.4 is 0 Å². The smallest absolute Gasteiger partial charge is 0.358 e. The fraction of sp³-hybridized carbons (Fsp3) is 0.500. The number of esters is 1. The van der Waals surface area contributed by atoms with Crippen molar-refractivity contribution < 1.29 is 14.3 Å². The maximum atomic E-state index is 11.4. The van der Waals surface area contributed by atoms with Gasteiger partial charge in [-0.2, -0.15) is 0 Å². The van der Waals surface area contributed by atoms with Gasteiger partial charge >= 0.3 is 5.97 Å². The summed E-state index contributed by atoms with van der Waals surface area (Å²) < 4.78 is 10.1. The van der Waals surface area contributed by atoms with Crippen LogP contribution in [-0.2, 0) is 9.47 Å². The van der Waals surface area contributed by atoms with E-state index in [0.29, 0.717) is 6.61 Å². The molecule has 0 unspecified atom stereocenters. The second-order valence-corrected chi connectivity index (χ2v) is 3.67. The zero-order valence-electron chi connectivity index (χ0n) is 9.14. The summed E-state index contributed by atoms with van der Waals surface area (Å²) in [5.41, 5.74) is 0.0945. The van der Waals surface area contributed by atoms with Crippen molar-refractivity contribution in [3.8, 4) is 0 Å². The Labute approximate surface area is 98.8 Å². The van der Waals surface area contributed by atoms with Crippen molar-refractivity contribution in [1.82, 2.24) is 9.97 Å². The van der Waals surface area contributed by atoms with Gasteiger partial charge in [0.25, 0.3) is 0 Å². The maximum absolute atomic E-state index is 11.4. The number of hydrogen-bond acceptors (Lipinski definition) is 5. The van der Waals surface area contributed by atoms with Crippen molar-refractivity contribution in [3.05, 3.63) is 23.2 Å². The number of nitrogens with zero attached hydrogens (tertiary/aromatic N) is 2. The summed E-state index contributed by atoms with van der Waals surface area (Å²) in [6.07, 6.45) is 2.77. The summed E-state index contributed by atoms with van der Waals surface area (Å²) in [6, 6.07) is 0. The van der Waals surface area contributed by atoms with Crippen molar-refractivity contribution in [3.63, 3.8) is 0 Å². The van der Waals surface area contributed by atoms with E-state index in [9.17, 15) is 4.79 Å². The van der Waals surface area contributed by atoms with E-state index in [-0.39, 0.29) is 23.6 Å².